The van der Waals surface area contributed by atoms with Gasteiger partial charge in [-0.15, -0.1) is 0 Å². The molecule has 0 aromatic carbocycles. The smallest absolute Gasteiger partial charge is 0.116 e. The number of hydrogen-bond acceptors (Lipinski definition) is 3. The van der Waals surface area contributed by atoms with Crippen LogP contribution in [0.2, 0.25) is 0 Å². The van der Waals surface area contributed by atoms with Gasteiger partial charge in [-0.25, -0.2) is 0 Å². The summed E-state index contributed by atoms with van der Waals surface area (Å²) in [7, 11) is 4.34. The zero-order chi connectivity index (χ0) is 9.97. The van der Waals surface area contributed by atoms with Crippen molar-refractivity contribution in [1.29, 1.82) is 0 Å². The van der Waals surface area contributed by atoms with Crippen molar-refractivity contribution in [2.45, 2.75) is 31.7 Å². The van der Waals surface area contributed by atoms with Gasteiger partial charge in [-0.2, -0.15) is 0 Å². The van der Waals surface area contributed by atoms with Crippen molar-refractivity contribution in [3.05, 3.63) is 0 Å². The lowest BCUT2D eigenvalue weighted by molar-refractivity contribution is 0.316. The van der Waals surface area contributed by atoms with Gasteiger partial charge in [0.25, 0.3) is 0 Å². The Balaban J connectivity index is 2.18. The van der Waals surface area contributed by atoms with Crippen molar-refractivity contribution in [2.75, 3.05) is 33.7 Å². The monoisotopic (exact) mass is 195 g/mol. The topological polar surface area (TPSA) is 18.8 Å². The van der Waals surface area contributed by atoms with E-state index in [1.54, 1.807) is 0 Å². The van der Waals surface area contributed by atoms with E-state index in [9.17, 15) is 0 Å². The minimum Gasteiger partial charge on any atom is -0.359 e. The molecule has 3 heteroatoms. The standard InChI is InChI=1S/C11H21N3/c1-13(2)10-6-3-4-8-14-9-5-7-12-11(10)14/h10H,3-9H2,1-2H3. The van der Waals surface area contributed by atoms with Gasteiger partial charge in [-0.1, -0.05) is 0 Å². The number of nitrogens with zero attached hydrogens (tertiary/aromatic N) is 3. The molecule has 0 aromatic rings. The molecule has 0 saturated carbocycles. The summed E-state index contributed by atoms with van der Waals surface area (Å²) in [6.07, 6.45) is 5.20. The first kappa shape index (κ1) is 9.97. The summed E-state index contributed by atoms with van der Waals surface area (Å²) in [6.45, 7) is 3.49. The molecule has 2 aliphatic heterocycles. The molecule has 2 heterocycles. The van der Waals surface area contributed by atoms with Crippen molar-refractivity contribution in [3.8, 4) is 0 Å². The van der Waals surface area contributed by atoms with Crippen LogP contribution in [0.1, 0.15) is 25.7 Å². The Hall–Kier alpha value is -0.570. The maximum atomic E-state index is 4.72. The van der Waals surface area contributed by atoms with Gasteiger partial charge in [0, 0.05) is 19.6 Å². The molecule has 2 rings (SSSR count). The van der Waals surface area contributed by atoms with E-state index in [0.29, 0.717) is 6.04 Å². The number of hydrogen-bond donors (Lipinski definition) is 0. The molecular weight excluding hydrogens is 174 g/mol. The molecule has 1 atom stereocenters. The van der Waals surface area contributed by atoms with E-state index < -0.39 is 0 Å². The van der Waals surface area contributed by atoms with E-state index in [1.807, 2.05) is 0 Å². The fraction of sp³-hybridized carbons (Fsp3) is 0.909. The van der Waals surface area contributed by atoms with Crippen molar-refractivity contribution >= 4 is 5.84 Å². The zero-order valence-electron chi connectivity index (χ0n) is 9.37. The first-order valence-corrected chi connectivity index (χ1v) is 5.75. The number of likely N-dealkylation sites (N-methyl/N-ethyl adjacent to an activating group) is 1. The second-order valence-electron chi connectivity index (χ2n) is 4.56. The molecule has 3 nitrogen and oxygen atoms in total. The molecule has 0 spiro atoms. The van der Waals surface area contributed by atoms with Gasteiger partial charge in [0.15, 0.2) is 0 Å². The van der Waals surface area contributed by atoms with Gasteiger partial charge in [-0.3, -0.25) is 9.89 Å². The van der Waals surface area contributed by atoms with Gasteiger partial charge in [0.1, 0.15) is 5.84 Å². The first-order chi connectivity index (χ1) is 6.79. The predicted molar refractivity (Wildman–Crippen MR) is 59.8 cm³/mol. The third-order valence-electron chi connectivity index (χ3n) is 3.26. The molecule has 0 aliphatic carbocycles. The van der Waals surface area contributed by atoms with Crippen LogP contribution in [-0.4, -0.2) is 55.4 Å². The van der Waals surface area contributed by atoms with E-state index in [-0.39, 0.29) is 0 Å². The summed E-state index contributed by atoms with van der Waals surface area (Å²) in [4.78, 5) is 9.54. The largest absolute Gasteiger partial charge is 0.359 e. The Bertz CT molecular complexity index is 223. The summed E-state index contributed by atoms with van der Waals surface area (Å²) in [5.74, 6) is 1.36. The lowest BCUT2D eigenvalue weighted by atomic mass is 10.1. The molecule has 1 fully saturated rings. The van der Waals surface area contributed by atoms with Gasteiger partial charge in [0.2, 0.25) is 0 Å². The van der Waals surface area contributed by atoms with Crippen LogP contribution >= 0.6 is 0 Å². The minimum atomic E-state index is 0.567. The van der Waals surface area contributed by atoms with E-state index in [1.165, 1.54) is 44.6 Å². The molecule has 2 aliphatic rings. The summed E-state index contributed by atoms with van der Waals surface area (Å²) in [6, 6.07) is 0.567. The minimum absolute atomic E-state index is 0.567. The molecule has 0 aromatic heterocycles. The average molecular weight is 195 g/mol. The van der Waals surface area contributed by atoms with E-state index >= 15 is 0 Å². The number of aliphatic imine (C=N–C) groups is 1. The van der Waals surface area contributed by atoms with Crippen LogP contribution in [0.4, 0.5) is 0 Å². The van der Waals surface area contributed by atoms with Crippen LogP contribution in [0.25, 0.3) is 0 Å². The number of rotatable bonds is 1. The maximum Gasteiger partial charge on any atom is 0.116 e. The Morgan fingerprint density at radius 3 is 2.79 bits per heavy atom. The van der Waals surface area contributed by atoms with Crippen molar-refractivity contribution in [3.63, 3.8) is 0 Å². The molecule has 14 heavy (non-hydrogen) atoms. The third kappa shape index (κ3) is 1.92. The van der Waals surface area contributed by atoms with Crippen LogP contribution in [0.3, 0.4) is 0 Å². The molecule has 0 amide bonds. The molecule has 1 unspecified atom stereocenters. The fourth-order valence-corrected chi connectivity index (χ4v) is 2.47. The molecule has 1 saturated heterocycles. The SMILES string of the molecule is CN(C)C1CCCCN2CCCN=C12. The summed E-state index contributed by atoms with van der Waals surface area (Å²) in [5, 5.41) is 0. The van der Waals surface area contributed by atoms with Gasteiger partial charge in [0.05, 0.1) is 6.04 Å². The first-order valence-electron chi connectivity index (χ1n) is 5.75. The van der Waals surface area contributed by atoms with Gasteiger partial charge >= 0.3 is 0 Å². The van der Waals surface area contributed by atoms with E-state index in [2.05, 4.69) is 23.9 Å². The Morgan fingerprint density at radius 2 is 2.00 bits per heavy atom. The molecule has 0 bridgehead atoms. The maximum absolute atomic E-state index is 4.72. The lowest BCUT2D eigenvalue weighted by Crippen LogP contribution is -2.47. The van der Waals surface area contributed by atoms with Crippen LogP contribution in [0.15, 0.2) is 4.99 Å². The molecule has 0 radical (unpaired) electrons. The Morgan fingerprint density at radius 1 is 1.21 bits per heavy atom. The average Bonchev–Trinajstić information content (AvgIpc) is 2.39. The van der Waals surface area contributed by atoms with Crippen molar-refractivity contribution in [2.24, 2.45) is 4.99 Å². The molecule has 80 valence electrons. The highest BCUT2D eigenvalue weighted by Crippen LogP contribution is 2.19. The van der Waals surface area contributed by atoms with Crippen molar-refractivity contribution < 1.29 is 0 Å². The predicted octanol–water partition coefficient (Wildman–Crippen LogP) is 1.20. The van der Waals surface area contributed by atoms with Crippen LogP contribution < -0.4 is 0 Å². The molecular formula is C11H21N3. The van der Waals surface area contributed by atoms with Gasteiger partial charge < -0.3 is 4.90 Å². The van der Waals surface area contributed by atoms with E-state index in [0.717, 1.165) is 6.54 Å². The number of fused-ring (bicyclic) bond motifs is 1. The third-order valence-corrected chi connectivity index (χ3v) is 3.26. The molecule has 0 N–H and O–H groups in total. The highest BCUT2D eigenvalue weighted by atomic mass is 15.3. The highest BCUT2D eigenvalue weighted by molar-refractivity contribution is 5.88. The fourth-order valence-electron chi connectivity index (χ4n) is 2.47. The van der Waals surface area contributed by atoms with Crippen molar-refractivity contribution in [1.82, 2.24) is 9.80 Å². The summed E-state index contributed by atoms with van der Waals surface area (Å²) >= 11 is 0. The highest BCUT2D eigenvalue weighted by Gasteiger charge is 2.27. The summed E-state index contributed by atoms with van der Waals surface area (Å²) < 4.78 is 0. The normalized spacial score (nSPS) is 28.4. The van der Waals surface area contributed by atoms with Gasteiger partial charge in [-0.05, 0) is 39.8 Å². The Kier molecular flexibility index (Phi) is 3.06. The van der Waals surface area contributed by atoms with Crippen LogP contribution in [0.5, 0.6) is 0 Å². The van der Waals surface area contributed by atoms with E-state index in [4.69, 9.17) is 4.99 Å². The zero-order valence-corrected chi connectivity index (χ0v) is 9.37. The van der Waals surface area contributed by atoms with Crippen LogP contribution in [-0.2, 0) is 0 Å². The number of amidine groups is 1. The Labute approximate surface area is 86.8 Å². The summed E-state index contributed by atoms with van der Waals surface area (Å²) in [5.41, 5.74) is 0. The lowest BCUT2D eigenvalue weighted by Gasteiger charge is -2.34. The van der Waals surface area contributed by atoms with Crippen LogP contribution in [0, 0.1) is 0 Å². The second kappa shape index (κ2) is 4.30. The quantitative estimate of drug-likeness (QED) is 0.626. The second-order valence-corrected chi connectivity index (χ2v) is 4.56.